The molecule has 1 aromatic rings. The maximum atomic E-state index is 13.0. The highest BCUT2D eigenvalue weighted by molar-refractivity contribution is 5.57. The van der Waals surface area contributed by atoms with Gasteiger partial charge in [-0.3, -0.25) is 0 Å². The molecule has 9 heteroatoms. The van der Waals surface area contributed by atoms with E-state index in [1.54, 1.807) is 0 Å². The summed E-state index contributed by atoms with van der Waals surface area (Å²) >= 11 is 0. The Morgan fingerprint density at radius 3 is 2.42 bits per heavy atom. The number of fused-ring (bicyclic) bond motifs is 1. The average Bonchev–Trinajstić information content (AvgIpc) is 3.15. The molecule has 130 valence electrons. The van der Waals surface area contributed by atoms with Crippen LogP contribution in [0.4, 0.5) is 32.0 Å². The number of nitriles is 1. The van der Waals surface area contributed by atoms with Gasteiger partial charge in [-0.1, -0.05) is 0 Å². The second kappa shape index (κ2) is 5.28. The molecule has 1 saturated carbocycles. The van der Waals surface area contributed by atoms with E-state index in [9.17, 15) is 31.4 Å². The standard InChI is InChI=1S/C15H12F6N2O/c16-14(17,18)11-4-9(2-1-7(11)5-22)23-6-8-3-10(8)12(23)13(24)15(19,20)21/h1-2,4,8,10,12-13,24H,3,6H2/t8-,10?,12+,13+/m0/s1. The van der Waals surface area contributed by atoms with E-state index in [0.29, 0.717) is 12.5 Å². The first-order valence-corrected chi connectivity index (χ1v) is 7.17. The first-order chi connectivity index (χ1) is 11.0. The van der Waals surface area contributed by atoms with Gasteiger partial charge in [0.1, 0.15) is 0 Å². The minimum atomic E-state index is -4.85. The van der Waals surface area contributed by atoms with Crippen LogP contribution in [-0.2, 0) is 6.18 Å². The molecule has 0 aromatic heterocycles. The van der Waals surface area contributed by atoms with E-state index in [0.717, 1.165) is 6.07 Å². The summed E-state index contributed by atoms with van der Waals surface area (Å²) in [5.41, 5.74) is -1.85. The zero-order valence-corrected chi connectivity index (χ0v) is 12.1. The van der Waals surface area contributed by atoms with Crippen LogP contribution in [0.1, 0.15) is 17.5 Å². The average molecular weight is 350 g/mol. The van der Waals surface area contributed by atoms with Crippen molar-refractivity contribution in [3.05, 3.63) is 29.3 Å². The second-order valence-electron chi connectivity index (χ2n) is 6.13. The minimum absolute atomic E-state index is 0.0584. The molecule has 0 amide bonds. The van der Waals surface area contributed by atoms with Crippen LogP contribution in [0.3, 0.4) is 0 Å². The maximum absolute atomic E-state index is 13.0. The Balaban J connectivity index is 1.98. The summed E-state index contributed by atoms with van der Waals surface area (Å²) in [6, 6.07) is 2.94. The summed E-state index contributed by atoms with van der Waals surface area (Å²) in [6.45, 7) is 0.158. The van der Waals surface area contributed by atoms with Crippen LogP contribution in [0, 0.1) is 23.2 Å². The van der Waals surface area contributed by atoms with Gasteiger partial charge in [-0.2, -0.15) is 31.6 Å². The van der Waals surface area contributed by atoms with Crippen LogP contribution in [0.15, 0.2) is 18.2 Å². The number of anilines is 1. The van der Waals surface area contributed by atoms with Gasteiger partial charge in [-0.25, -0.2) is 0 Å². The molecule has 2 aliphatic rings. The number of benzene rings is 1. The number of piperidine rings is 1. The number of aliphatic hydroxyl groups is 1. The highest BCUT2D eigenvalue weighted by Gasteiger charge is 2.60. The molecule has 1 heterocycles. The van der Waals surface area contributed by atoms with Crippen molar-refractivity contribution in [2.75, 3.05) is 11.4 Å². The lowest BCUT2D eigenvalue weighted by Crippen LogP contribution is -2.49. The van der Waals surface area contributed by atoms with Crippen LogP contribution in [0.25, 0.3) is 0 Å². The van der Waals surface area contributed by atoms with Gasteiger partial charge in [0.05, 0.1) is 23.2 Å². The Hall–Kier alpha value is -1.95. The van der Waals surface area contributed by atoms with Gasteiger partial charge in [0.25, 0.3) is 0 Å². The van der Waals surface area contributed by atoms with E-state index in [1.807, 2.05) is 0 Å². The fraction of sp³-hybridized carbons (Fsp3) is 0.533. The van der Waals surface area contributed by atoms with Gasteiger partial charge >= 0.3 is 12.4 Å². The fourth-order valence-corrected chi connectivity index (χ4v) is 3.42. The molecule has 1 saturated heterocycles. The number of aliphatic hydroxyl groups excluding tert-OH is 1. The molecular formula is C15H12F6N2O. The van der Waals surface area contributed by atoms with Gasteiger partial charge < -0.3 is 10.0 Å². The molecule has 0 radical (unpaired) electrons. The van der Waals surface area contributed by atoms with Crippen molar-refractivity contribution in [1.29, 1.82) is 5.26 Å². The Bertz CT molecular complexity index is 693. The lowest BCUT2D eigenvalue weighted by atomic mass is 10.0. The molecular weight excluding hydrogens is 338 g/mol. The molecule has 4 atom stereocenters. The number of hydrogen-bond acceptors (Lipinski definition) is 3. The van der Waals surface area contributed by atoms with E-state index in [4.69, 9.17) is 5.26 Å². The van der Waals surface area contributed by atoms with Crippen LogP contribution >= 0.6 is 0 Å². The van der Waals surface area contributed by atoms with Gasteiger partial charge in [-0.05, 0) is 36.5 Å². The third kappa shape index (κ3) is 2.79. The Labute approximate surface area is 133 Å². The van der Waals surface area contributed by atoms with Crippen molar-refractivity contribution < 1.29 is 31.4 Å². The molecule has 0 spiro atoms. The molecule has 24 heavy (non-hydrogen) atoms. The van der Waals surface area contributed by atoms with Gasteiger partial charge in [0, 0.05) is 12.2 Å². The number of alkyl halides is 6. The van der Waals surface area contributed by atoms with Crippen molar-refractivity contribution in [2.45, 2.75) is 30.9 Å². The summed E-state index contributed by atoms with van der Waals surface area (Å²) in [5.74, 6) is -0.441. The largest absolute Gasteiger partial charge is 0.417 e. The number of rotatable bonds is 2. The van der Waals surface area contributed by atoms with Crippen LogP contribution < -0.4 is 4.90 Å². The highest BCUT2D eigenvalue weighted by Crippen LogP contribution is 2.53. The molecule has 1 N–H and O–H groups in total. The first-order valence-electron chi connectivity index (χ1n) is 7.17. The van der Waals surface area contributed by atoms with Crippen molar-refractivity contribution in [3.63, 3.8) is 0 Å². The van der Waals surface area contributed by atoms with Gasteiger partial charge in [0.15, 0.2) is 6.10 Å². The van der Waals surface area contributed by atoms with Crippen molar-refractivity contribution in [1.82, 2.24) is 0 Å². The topological polar surface area (TPSA) is 47.3 Å². The van der Waals surface area contributed by atoms with Crippen LogP contribution in [0.2, 0.25) is 0 Å². The lowest BCUT2D eigenvalue weighted by Gasteiger charge is -2.34. The monoisotopic (exact) mass is 350 g/mol. The quantitative estimate of drug-likeness (QED) is 0.833. The third-order valence-corrected chi connectivity index (χ3v) is 4.63. The van der Waals surface area contributed by atoms with Crippen molar-refractivity contribution in [3.8, 4) is 6.07 Å². The molecule has 1 aliphatic carbocycles. The van der Waals surface area contributed by atoms with Crippen molar-refractivity contribution in [2.24, 2.45) is 11.8 Å². The van der Waals surface area contributed by atoms with E-state index >= 15 is 0 Å². The molecule has 0 bridgehead atoms. The SMILES string of the molecule is N#Cc1ccc(N2C[C@@H]3CC3[C@@H]2[C@@H](O)C(F)(F)F)cc1C(F)(F)F. The normalized spacial score (nSPS) is 27.6. The maximum Gasteiger partial charge on any atom is 0.417 e. The second-order valence-corrected chi connectivity index (χ2v) is 6.13. The van der Waals surface area contributed by atoms with E-state index < -0.39 is 35.6 Å². The molecule has 3 rings (SSSR count). The summed E-state index contributed by atoms with van der Waals surface area (Å²) in [4.78, 5) is 1.17. The fourth-order valence-electron chi connectivity index (χ4n) is 3.42. The molecule has 2 fully saturated rings. The van der Waals surface area contributed by atoms with E-state index in [2.05, 4.69) is 0 Å². The van der Waals surface area contributed by atoms with Gasteiger partial charge in [0.2, 0.25) is 0 Å². The number of nitrogens with zero attached hydrogens (tertiary/aromatic N) is 2. The zero-order valence-electron chi connectivity index (χ0n) is 12.1. The Kier molecular flexibility index (Phi) is 3.71. The summed E-state index contributed by atoms with van der Waals surface area (Å²) in [6.07, 6.45) is -11.7. The third-order valence-electron chi connectivity index (χ3n) is 4.63. The Morgan fingerprint density at radius 1 is 1.21 bits per heavy atom. The van der Waals surface area contributed by atoms with E-state index in [-0.39, 0.29) is 24.1 Å². The van der Waals surface area contributed by atoms with Crippen molar-refractivity contribution >= 4 is 5.69 Å². The number of hydrogen-bond donors (Lipinski definition) is 1. The van der Waals surface area contributed by atoms with Gasteiger partial charge in [-0.15, -0.1) is 0 Å². The predicted octanol–water partition coefficient (Wildman–Crippen LogP) is 3.32. The van der Waals surface area contributed by atoms with E-state index in [1.165, 1.54) is 17.0 Å². The van der Waals surface area contributed by atoms with Crippen LogP contribution in [0.5, 0.6) is 0 Å². The van der Waals surface area contributed by atoms with Crippen LogP contribution in [-0.4, -0.2) is 30.0 Å². The summed E-state index contributed by atoms with van der Waals surface area (Å²) < 4.78 is 77.7. The minimum Gasteiger partial charge on any atom is -0.382 e. The highest BCUT2D eigenvalue weighted by atomic mass is 19.4. The lowest BCUT2D eigenvalue weighted by molar-refractivity contribution is -0.210. The molecule has 1 unspecified atom stereocenters. The molecule has 3 nitrogen and oxygen atoms in total. The Morgan fingerprint density at radius 2 is 1.88 bits per heavy atom. The molecule has 1 aromatic carbocycles. The predicted molar refractivity (Wildman–Crippen MR) is 71.0 cm³/mol. The molecule has 1 aliphatic heterocycles. The zero-order chi connectivity index (χ0) is 17.9. The summed E-state index contributed by atoms with van der Waals surface area (Å²) in [7, 11) is 0. The smallest absolute Gasteiger partial charge is 0.382 e. The number of halogens is 6. The summed E-state index contributed by atoms with van der Waals surface area (Å²) in [5, 5.41) is 18.4. The first kappa shape index (κ1) is 16.9.